The predicted molar refractivity (Wildman–Crippen MR) is 58.4 cm³/mol. The predicted octanol–water partition coefficient (Wildman–Crippen LogP) is 2.00. The normalized spacial score (nSPS) is 10.1. The van der Waals surface area contributed by atoms with E-state index in [2.05, 4.69) is 6.92 Å². The lowest BCUT2D eigenvalue weighted by atomic mass is 10.1. The quantitative estimate of drug-likeness (QED) is 0.778. The molecule has 0 atom stereocenters. The third-order valence-corrected chi connectivity index (χ3v) is 2.92. The summed E-state index contributed by atoms with van der Waals surface area (Å²) in [4.78, 5) is 11.3. The van der Waals surface area contributed by atoms with Gasteiger partial charge in [0.15, 0.2) is 0 Å². The monoisotopic (exact) mass is 213 g/mol. The van der Waals surface area contributed by atoms with Crippen molar-refractivity contribution in [2.75, 3.05) is 12.3 Å². The number of nitrogens with two attached hydrogens (primary N) is 1. The number of aryl methyl sites for hydroxylation is 1. The topological polar surface area (TPSA) is 52.3 Å². The van der Waals surface area contributed by atoms with E-state index in [1.165, 1.54) is 11.3 Å². The van der Waals surface area contributed by atoms with Crippen LogP contribution < -0.4 is 5.73 Å². The van der Waals surface area contributed by atoms with Gasteiger partial charge in [0.05, 0.1) is 18.0 Å². The van der Waals surface area contributed by atoms with Gasteiger partial charge in [-0.1, -0.05) is 6.92 Å². The van der Waals surface area contributed by atoms with Crippen molar-refractivity contribution in [2.45, 2.75) is 26.7 Å². The third-order valence-electron chi connectivity index (χ3n) is 2.02. The second-order valence-electron chi connectivity index (χ2n) is 2.94. The SMILES string of the molecule is CCOC(=O)Cc1c(CC)csc1N. The van der Waals surface area contributed by atoms with Crippen LogP contribution in [-0.2, 0) is 22.4 Å². The largest absolute Gasteiger partial charge is 0.466 e. The smallest absolute Gasteiger partial charge is 0.310 e. The molecule has 0 saturated heterocycles. The number of carbonyl (C=O) groups excluding carboxylic acids is 1. The fourth-order valence-corrected chi connectivity index (χ4v) is 2.21. The van der Waals surface area contributed by atoms with E-state index in [4.69, 9.17) is 10.5 Å². The zero-order valence-electron chi connectivity index (χ0n) is 8.50. The van der Waals surface area contributed by atoms with Gasteiger partial charge < -0.3 is 10.5 Å². The standard InChI is InChI=1S/C10H15NO2S/c1-3-7-6-14-10(11)8(7)5-9(12)13-4-2/h6H,3-5,11H2,1-2H3. The average molecular weight is 213 g/mol. The lowest BCUT2D eigenvalue weighted by molar-refractivity contribution is -0.142. The zero-order chi connectivity index (χ0) is 10.6. The van der Waals surface area contributed by atoms with E-state index >= 15 is 0 Å². The van der Waals surface area contributed by atoms with E-state index < -0.39 is 0 Å². The highest BCUT2D eigenvalue weighted by molar-refractivity contribution is 7.14. The summed E-state index contributed by atoms with van der Waals surface area (Å²) in [5.41, 5.74) is 7.87. The molecular formula is C10H15NO2S. The van der Waals surface area contributed by atoms with Crippen molar-refractivity contribution in [1.29, 1.82) is 0 Å². The summed E-state index contributed by atoms with van der Waals surface area (Å²) < 4.78 is 4.88. The lowest BCUT2D eigenvalue weighted by Gasteiger charge is -2.03. The molecule has 1 aromatic rings. The Balaban J connectivity index is 2.74. The van der Waals surface area contributed by atoms with Crippen LogP contribution in [0, 0.1) is 0 Å². The Bertz CT molecular complexity index is 320. The van der Waals surface area contributed by atoms with Gasteiger partial charge in [0, 0.05) is 5.56 Å². The molecule has 0 amide bonds. The molecule has 1 rings (SSSR count). The summed E-state index contributed by atoms with van der Waals surface area (Å²) in [6.45, 7) is 4.27. The molecule has 1 heterocycles. The number of thiophene rings is 1. The molecule has 3 nitrogen and oxygen atoms in total. The highest BCUT2D eigenvalue weighted by atomic mass is 32.1. The van der Waals surface area contributed by atoms with Crippen molar-refractivity contribution < 1.29 is 9.53 Å². The number of esters is 1. The molecule has 1 aromatic heterocycles. The summed E-state index contributed by atoms with van der Waals surface area (Å²) in [6, 6.07) is 0. The number of nitrogen functional groups attached to an aromatic ring is 1. The maximum absolute atomic E-state index is 11.3. The molecule has 4 heteroatoms. The Morgan fingerprint density at radius 3 is 2.86 bits per heavy atom. The van der Waals surface area contributed by atoms with E-state index in [0.29, 0.717) is 13.0 Å². The molecule has 0 aliphatic rings. The second-order valence-corrected chi connectivity index (χ2v) is 3.85. The number of hydrogen-bond acceptors (Lipinski definition) is 4. The average Bonchev–Trinajstić information content (AvgIpc) is 2.48. The van der Waals surface area contributed by atoms with Gasteiger partial charge in [-0.15, -0.1) is 11.3 Å². The highest BCUT2D eigenvalue weighted by Gasteiger charge is 2.12. The summed E-state index contributed by atoms with van der Waals surface area (Å²) in [5, 5.41) is 2.74. The molecule has 78 valence electrons. The van der Waals surface area contributed by atoms with Crippen LogP contribution in [-0.4, -0.2) is 12.6 Å². The molecule has 0 fully saturated rings. The summed E-state index contributed by atoms with van der Waals surface area (Å²) in [6.07, 6.45) is 1.20. The van der Waals surface area contributed by atoms with Crippen LogP contribution in [0.2, 0.25) is 0 Å². The fraction of sp³-hybridized carbons (Fsp3) is 0.500. The van der Waals surface area contributed by atoms with Crippen molar-refractivity contribution in [3.63, 3.8) is 0 Å². The minimum absolute atomic E-state index is 0.202. The Morgan fingerprint density at radius 2 is 2.29 bits per heavy atom. The molecule has 0 radical (unpaired) electrons. The van der Waals surface area contributed by atoms with Gasteiger partial charge >= 0.3 is 5.97 Å². The zero-order valence-corrected chi connectivity index (χ0v) is 9.32. The molecule has 0 aromatic carbocycles. The lowest BCUT2D eigenvalue weighted by Crippen LogP contribution is -2.09. The van der Waals surface area contributed by atoms with Crippen molar-refractivity contribution in [3.8, 4) is 0 Å². The van der Waals surface area contributed by atoms with E-state index in [1.807, 2.05) is 5.38 Å². The second kappa shape index (κ2) is 5.00. The van der Waals surface area contributed by atoms with Crippen molar-refractivity contribution in [1.82, 2.24) is 0 Å². The molecule has 0 aliphatic heterocycles. The van der Waals surface area contributed by atoms with Crippen LogP contribution in [0.1, 0.15) is 25.0 Å². The van der Waals surface area contributed by atoms with Gasteiger partial charge in [-0.2, -0.15) is 0 Å². The first-order chi connectivity index (χ1) is 6.69. The minimum Gasteiger partial charge on any atom is -0.466 e. The number of carbonyl (C=O) groups is 1. The van der Waals surface area contributed by atoms with Crippen molar-refractivity contribution in [3.05, 3.63) is 16.5 Å². The first-order valence-electron chi connectivity index (χ1n) is 4.69. The van der Waals surface area contributed by atoms with Gasteiger partial charge in [0.2, 0.25) is 0 Å². The molecule has 2 N–H and O–H groups in total. The number of ether oxygens (including phenoxy) is 1. The molecule has 0 bridgehead atoms. The van der Waals surface area contributed by atoms with Crippen LogP contribution in [0.4, 0.5) is 5.00 Å². The van der Waals surface area contributed by atoms with E-state index in [9.17, 15) is 4.79 Å². The van der Waals surface area contributed by atoms with Crippen molar-refractivity contribution >= 4 is 22.3 Å². The summed E-state index contributed by atoms with van der Waals surface area (Å²) >= 11 is 1.49. The third kappa shape index (κ3) is 2.48. The van der Waals surface area contributed by atoms with E-state index in [-0.39, 0.29) is 5.97 Å². The van der Waals surface area contributed by atoms with Gasteiger partial charge in [0.1, 0.15) is 0 Å². The number of anilines is 1. The molecule has 0 saturated carbocycles. The van der Waals surface area contributed by atoms with Crippen LogP contribution in [0.25, 0.3) is 0 Å². The van der Waals surface area contributed by atoms with Crippen molar-refractivity contribution in [2.24, 2.45) is 0 Å². The fourth-order valence-electron chi connectivity index (χ4n) is 1.29. The molecule has 0 unspecified atom stereocenters. The molecule has 0 spiro atoms. The van der Waals surface area contributed by atoms with Gasteiger partial charge in [-0.05, 0) is 24.3 Å². The first kappa shape index (κ1) is 11.0. The van der Waals surface area contributed by atoms with E-state index in [1.54, 1.807) is 6.92 Å². The number of rotatable bonds is 4. The van der Waals surface area contributed by atoms with Crippen LogP contribution >= 0.6 is 11.3 Å². The number of hydrogen-bond donors (Lipinski definition) is 1. The van der Waals surface area contributed by atoms with Crippen LogP contribution in [0.5, 0.6) is 0 Å². The van der Waals surface area contributed by atoms with Gasteiger partial charge in [0.25, 0.3) is 0 Å². The van der Waals surface area contributed by atoms with Crippen LogP contribution in [0.3, 0.4) is 0 Å². The summed E-state index contributed by atoms with van der Waals surface area (Å²) in [5.74, 6) is -0.202. The summed E-state index contributed by atoms with van der Waals surface area (Å²) in [7, 11) is 0. The minimum atomic E-state index is -0.202. The Morgan fingerprint density at radius 1 is 1.57 bits per heavy atom. The first-order valence-corrected chi connectivity index (χ1v) is 5.57. The molecule has 0 aliphatic carbocycles. The Hall–Kier alpha value is -1.03. The Labute approximate surface area is 87.9 Å². The molecular weight excluding hydrogens is 198 g/mol. The molecule has 14 heavy (non-hydrogen) atoms. The highest BCUT2D eigenvalue weighted by Crippen LogP contribution is 2.26. The van der Waals surface area contributed by atoms with Gasteiger partial charge in [-0.3, -0.25) is 4.79 Å². The van der Waals surface area contributed by atoms with E-state index in [0.717, 1.165) is 22.5 Å². The Kier molecular flexibility index (Phi) is 3.95. The van der Waals surface area contributed by atoms with Gasteiger partial charge in [-0.25, -0.2) is 0 Å². The maximum atomic E-state index is 11.3. The van der Waals surface area contributed by atoms with Crippen LogP contribution in [0.15, 0.2) is 5.38 Å². The maximum Gasteiger partial charge on any atom is 0.310 e.